The predicted octanol–water partition coefficient (Wildman–Crippen LogP) is 0.558. The summed E-state index contributed by atoms with van der Waals surface area (Å²) in [6.07, 6.45) is 0. The number of sulfone groups is 1. The highest BCUT2D eigenvalue weighted by Crippen LogP contribution is 2.36. The lowest BCUT2D eigenvalue weighted by atomic mass is 10.2. The average Bonchev–Trinajstić information content (AvgIpc) is 2.69. The molecule has 1 fully saturated rings. The summed E-state index contributed by atoms with van der Waals surface area (Å²) in [5, 5.41) is 0.793. The summed E-state index contributed by atoms with van der Waals surface area (Å²) in [6.45, 7) is 0. The fraction of sp³-hybridized carbons (Fsp3) is 0.364. The van der Waals surface area contributed by atoms with E-state index in [4.69, 9.17) is 5.73 Å². The van der Waals surface area contributed by atoms with E-state index in [9.17, 15) is 8.42 Å². The summed E-state index contributed by atoms with van der Waals surface area (Å²) in [6, 6.07) is 9.72. The van der Waals surface area contributed by atoms with Crippen LogP contribution < -0.4 is 5.73 Å². The Bertz CT molecular complexity index is 581. The number of amidine groups is 1. The Morgan fingerprint density at radius 1 is 1.24 bits per heavy atom. The van der Waals surface area contributed by atoms with Crippen LogP contribution in [0.1, 0.15) is 0 Å². The third kappa shape index (κ3) is 1.85. The van der Waals surface area contributed by atoms with Gasteiger partial charge in [-0.2, -0.15) is 0 Å². The highest BCUT2D eigenvalue weighted by Gasteiger charge is 2.49. The molecule has 3 rings (SSSR count). The summed E-state index contributed by atoms with van der Waals surface area (Å²) in [5.41, 5.74) is 6.97. The van der Waals surface area contributed by atoms with E-state index in [0.29, 0.717) is 5.17 Å². The number of para-hydroxylation sites is 1. The van der Waals surface area contributed by atoms with Gasteiger partial charge in [0, 0.05) is 0 Å². The number of hydrogen-bond donors (Lipinski definition) is 1. The van der Waals surface area contributed by atoms with Crippen LogP contribution in [0, 0.1) is 0 Å². The maximum atomic E-state index is 11.6. The van der Waals surface area contributed by atoms with Gasteiger partial charge < -0.3 is 0 Å². The van der Waals surface area contributed by atoms with Crippen LogP contribution in [-0.4, -0.2) is 41.0 Å². The van der Waals surface area contributed by atoms with Crippen molar-refractivity contribution in [3.05, 3.63) is 30.3 Å². The Balaban J connectivity index is 2.03. The van der Waals surface area contributed by atoms with E-state index in [0.717, 1.165) is 5.69 Å². The first-order chi connectivity index (χ1) is 8.07. The molecule has 4 nitrogen and oxygen atoms in total. The van der Waals surface area contributed by atoms with Crippen LogP contribution in [0.5, 0.6) is 0 Å². The van der Waals surface area contributed by atoms with Gasteiger partial charge in [0.1, 0.15) is 11.7 Å². The monoisotopic (exact) mass is 269 g/mol. The Morgan fingerprint density at radius 2 is 1.94 bits per heavy atom. The van der Waals surface area contributed by atoms with Crippen LogP contribution in [0.2, 0.25) is 0 Å². The van der Waals surface area contributed by atoms with Gasteiger partial charge in [-0.05, 0) is 23.9 Å². The minimum absolute atomic E-state index is 0.00704. The number of rotatable bonds is 1. The fourth-order valence-corrected chi connectivity index (χ4v) is 6.25. The Labute approximate surface area is 104 Å². The number of thioether (sulfide) groups is 1. The molecule has 0 amide bonds. The minimum Gasteiger partial charge on any atom is -0.281 e. The molecule has 1 saturated heterocycles. The summed E-state index contributed by atoms with van der Waals surface area (Å²) in [4.78, 5) is 0. The molecule has 0 saturated carbocycles. The van der Waals surface area contributed by atoms with Crippen molar-refractivity contribution in [1.82, 2.24) is 0 Å². The van der Waals surface area contributed by atoms with Gasteiger partial charge in [-0.1, -0.05) is 18.2 Å². The molecule has 0 aliphatic carbocycles. The van der Waals surface area contributed by atoms with Gasteiger partial charge in [0.15, 0.2) is 9.84 Å². The highest BCUT2D eigenvalue weighted by atomic mass is 32.2. The van der Waals surface area contributed by atoms with Crippen LogP contribution >= 0.6 is 11.8 Å². The molecule has 0 spiro atoms. The van der Waals surface area contributed by atoms with Gasteiger partial charge >= 0.3 is 5.17 Å². The number of benzene rings is 1. The lowest BCUT2D eigenvalue weighted by Gasteiger charge is -2.10. The van der Waals surface area contributed by atoms with E-state index in [1.165, 1.54) is 11.8 Å². The minimum atomic E-state index is -2.90. The second-order valence-corrected chi connectivity index (χ2v) is 7.76. The molecular weight excluding hydrogens is 256 g/mol. The lowest BCUT2D eigenvalue weighted by Crippen LogP contribution is -2.29. The Morgan fingerprint density at radius 3 is 2.65 bits per heavy atom. The van der Waals surface area contributed by atoms with E-state index in [2.05, 4.69) is 0 Å². The second kappa shape index (κ2) is 3.74. The Hall–Kier alpha value is -1.01. The van der Waals surface area contributed by atoms with Crippen molar-refractivity contribution in [2.45, 2.75) is 11.3 Å². The van der Waals surface area contributed by atoms with Gasteiger partial charge in [-0.3, -0.25) is 5.73 Å². The van der Waals surface area contributed by atoms with Gasteiger partial charge in [-0.25, -0.2) is 13.0 Å². The largest absolute Gasteiger partial charge is 0.310 e. The maximum absolute atomic E-state index is 11.6. The number of nitrogens with two attached hydrogens (primary N) is 1. The van der Waals surface area contributed by atoms with E-state index in [1.54, 1.807) is 0 Å². The molecule has 1 aromatic carbocycles. The molecule has 2 N–H and O–H groups in total. The molecule has 90 valence electrons. The highest BCUT2D eigenvalue weighted by molar-refractivity contribution is 8.15. The summed E-state index contributed by atoms with van der Waals surface area (Å²) in [5.74, 6) is 0.451. The van der Waals surface area contributed by atoms with Crippen LogP contribution in [0.3, 0.4) is 0 Å². The normalized spacial score (nSPS) is 30.6. The third-order valence-electron chi connectivity index (χ3n) is 3.15. The summed E-state index contributed by atoms with van der Waals surface area (Å²) in [7, 11) is -2.90. The van der Waals surface area contributed by atoms with Crippen molar-refractivity contribution in [3.8, 4) is 0 Å². The second-order valence-electron chi connectivity index (χ2n) is 4.34. The molecule has 2 heterocycles. The smallest absolute Gasteiger partial charge is 0.281 e. The number of hydrogen-bond acceptors (Lipinski definition) is 4. The Kier molecular flexibility index (Phi) is 2.45. The lowest BCUT2D eigenvalue weighted by molar-refractivity contribution is -0.470. The van der Waals surface area contributed by atoms with Crippen molar-refractivity contribution in [2.24, 2.45) is 5.73 Å². The predicted molar refractivity (Wildman–Crippen MR) is 69.4 cm³/mol. The molecule has 2 aliphatic heterocycles. The molecule has 2 aliphatic rings. The topological polar surface area (TPSA) is 63.2 Å². The molecule has 0 bridgehead atoms. The quantitative estimate of drug-likeness (QED) is 0.757. The van der Waals surface area contributed by atoms with Crippen LogP contribution in [0.4, 0.5) is 5.69 Å². The zero-order valence-corrected chi connectivity index (χ0v) is 10.7. The zero-order valence-electron chi connectivity index (χ0n) is 9.11. The first-order valence-corrected chi connectivity index (χ1v) is 8.11. The standard InChI is InChI=1S/C11H12N2O2S2/c12-11-13(8-4-2-1-3-5-8)9-6-17(14,15)7-10(9)16-11/h1-5,9-10,12H,6-7H2/p+1/t9-,10+/m0/s1. The van der Waals surface area contributed by atoms with Crippen molar-refractivity contribution in [3.63, 3.8) is 0 Å². The summed E-state index contributed by atoms with van der Waals surface area (Å²) >= 11 is 1.48. The fourth-order valence-electron chi connectivity index (χ4n) is 2.43. The van der Waals surface area contributed by atoms with E-state index in [-0.39, 0.29) is 22.8 Å². The van der Waals surface area contributed by atoms with Gasteiger partial charge in [0.05, 0.1) is 16.8 Å². The molecular formula is C11H13N2O2S2+. The van der Waals surface area contributed by atoms with Crippen molar-refractivity contribution in [2.75, 3.05) is 11.5 Å². The molecule has 6 heteroatoms. The van der Waals surface area contributed by atoms with Gasteiger partial charge in [0.25, 0.3) is 0 Å². The molecule has 1 aromatic rings. The third-order valence-corrected chi connectivity index (χ3v) is 6.30. The molecule has 0 aromatic heterocycles. The molecule has 17 heavy (non-hydrogen) atoms. The van der Waals surface area contributed by atoms with Gasteiger partial charge in [-0.15, -0.1) is 0 Å². The SMILES string of the molecule is NC1=[N+](c2ccccc2)[C@H]2CS(=O)(=O)C[C@H]2S1. The van der Waals surface area contributed by atoms with Crippen LogP contribution in [0.15, 0.2) is 30.3 Å². The number of nitrogens with zero attached hydrogens (tertiary/aromatic N) is 1. The van der Waals surface area contributed by atoms with E-state index < -0.39 is 9.84 Å². The average molecular weight is 269 g/mol. The summed E-state index contributed by atoms with van der Waals surface area (Å²) < 4.78 is 25.2. The van der Waals surface area contributed by atoms with Crippen molar-refractivity contribution >= 4 is 32.5 Å². The zero-order chi connectivity index (χ0) is 12.0. The molecule has 2 atom stereocenters. The molecule has 0 radical (unpaired) electrons. The maximum Gasteiger partial charge on any atom is 0.310 e. The molecule has 0 unspecified atom stereocenters. The van der Waals surface area contributed by atoms with E-state index in [1.807, 2.05) is 34.9 Å². The number of fused-ring (bicyclic) bond motifs is 1. The van der Waals surface area contributed by atoms with E-state index >= 15 is 0 Å². The van der Waals surface area contributed by atoms with Gasteiger partial charge in [0.2, 0.25) is 0 Å². The van der Waals surface area contributed by atoms with Crippen LogP contribution in [0.25, 0.3) is 0 Å². The van der Waals surface area contributed by atoms with Crippen LogP contribution in [-0.2, 0) is 9.84 Å². The first kappa shape index (κ1) is 11.1. The first-order valence-electron chi connectivity index (χ1n) is 5.41. The van der Waals surface area contributed by atoms with Crippen molar-refractivity contribution in [1.29, 1.82) is 0 Å². The van der Waals surface area contributed by atoms with Crippen molar-refractivity contribution < 1.29 is 13.0 Å².